The van der Waals surface area contributed by atoms with E-state index >= 15 is 0 Å². The molecule has 3 nitrogen and oxygen atoms in total. The monoisotopic (exact) mass is 185 g/mol. The summed E-state index contributed by atoms with van der Waals surface area (Å²) in [5, 5.41) is 5.21. The molecule has 0 aliphatic rings. The average Bonchev–Trinajstić information content (AvgIpc) is 2.04. The van der Waals surface area contributed by atoms with Gasteiger partial charge in [0.1, 0.15) is 5.75 Å². The van der Waals surface area contributed by atoms with Crippen LogP contribution in [0.5, 0.6) is 5.75 Å². The van der Waals surface area contributed by atoms with Crippen molar-refractivity contribution in [3.05, 3.63) is 23.8 Å². The van der Waals surface area contributed by atoms with Gasteiger partial charge in [0.2, 0.25) is 0 Å². The minimum atomic E-state index is -1.41. The van der Waals surface area contributed by atoms with E-state index in [0.29, 0.717) is 4.90 Å². The summed E-state index contributed by atoms with van der Waals surface area (Å²) in [7, 11) is 1.60. The summed E-state index contributed by atoms with van der Waals surface area (Å²) in [5.74, 6) is 0.782. The molecular weight excluding hydrogens is 174 g/mol. The fourth-order valence-electron chi connectivity index (χ4n) is 0.976. The summed E-state index contributed by atoms with van der Waals surface area (Å²) in [6.07, 6.45) is 0. The Balaban J connectivity index is 3.02. The summed E-state index contributed by atoms with van der Waals surface area (Å²) in [6.45, 7) is 1.88. The predicted molar refractivity (Wildman–Crippen MR) is 48.3 cm³/mol. The molecule has 1 rings (SSSR count). The van der Waals surface area contributed by atoms with Crippen molar-refractivity contribution in [1.29, 1.82) is 0 Å². The van der Waals surface area contributed by atoms with Gasteiger partial charge in [0.15, 0.2) is 4.90 Å². The molecule has 1 atom stereocenters. The number of benzene rings is 1. The topological polar surface area (TPSA) is 58.3 Å². The second-order valence-corrected chi connectivity index (χ2v) is 3.50. The van der Waals surface area contributed by atoms with E-state index in [1.807, 2.05) is 6.92 Å². The lowest BCUT2D eigenvalue weighted by Gasteiger charge is -2.06. The molecule has 0 amide bonds. The standard InChI is InChI=1S/C8H11NO2S/c1-6-5-7(12(9)10)3-4-8(6)11-2/h3-5H,9H2,1-2H3/t12-/m0/s1. The van der Waals surface area contributed by atoms with Crippen LogP contribution in [0.15, 0.2) is 23.1 Å². The van der Waals surface area contributed by atoms with Crippen LogP contribution in [0, 0.1) is 6.92 Å². The van der Waals surface area contributed by atoms with Crippen LogP contribution in [0.3, 0.4) is 0 Å². The molecular formula is C8H11NO2S. The molecule has 0 radical (unpaired) electrons. The minimum Gasteiger partial charge on any atom is -0.593 e. The number of nitrogens with two attached hydrogens (primary N) is 1. The Bertz CT molecular complexity index is 276. The van der Waals surface area contributed by atoms with Crippen LogP contribution in [-0.2, 0) is 11.4 Å². The van der Waals surface area contributed by atoms with Crippen LogP contribution < -0.4 is 9.88 Å². The fourth-order valence-corrected chi connectivity index (χ4v) is 1.47. The van der Waals surface area contributed by atoms with Crippen molar-refractivity contribution >= 4 is 11.4 Å². The summed E-state index contributed by atoms with van der Waals surface area (Å²) >= 11 is -1.41. The zero-order valence-electron chi connectivity index (χ0n) is 7.03. The molecule has 0 saturated carbocycles. The Kier molecular flexibility index (Phi) is 2.97. The number of rotatable bonds is 2. The van der Waals surface area contributed by atoms with Gasteiger partial charge >= 0.3 is 0 Å². The first-order chi connectivity index (χ1) is 5.65. The van der Waals surface area contributed by atoms with Crippen LogP contribution in [0.1, 0.15) is 5.56 Å². The molecule has 66 valence electrons. The molecule has 2 N–H and O–H groups in total. The summed E-state index contributed by atoms with van der Waals surface area (Å²) in [4.78, 5) is 0.619. The third kappa shape index (κ3) is 1.91. The largest absolute Gasteiger partial charge is 0.593 e. The van der Waals surface area contributed by atoms with E-state index in [0.717, 1.165) is 11.3 Å². The SMILES string of the molecule is COc1ccc([S@@+](N)[O-])cc1C. The third-order valence-electron chi connectivity index (χ3n) is 1.60. The van der Waals surface area contributed by atoms with Crippen molar-refractivity contribution in [3.8, 4) is 5.75 Å². The number of hydrogen-bond donors (Lipinski definition) is 1. The van der Waals surface area contributed by atoms with Crippen molar-refractivity contribution in [3.63, 3.8) is 0 Å². The Morgan fingerprint density at radius 2 is 2.17 bits per heavy atom. The minimum absolute atomic E-state index is 0.619. The molecule has 0 saturated heterocycles. The smallest absolute Gasteiger partial charge is 0.174 e. The van der Waals surface area contributed by atoms with Crippen molar-refractivity contribution in [2.75, 3.05) is 7.11 Å². The van der Waals surface area contributed by atoms with Gasteiger partial charge in [-0.2, -0.15) is 0 Å². The Hall–Kier alpha value is -0.710. The lowest BCUT2D eigenvalue weighted by Crippen LogP contribution is -2.12. The average molecular weight is 185 g/mol. The molecule has 0 aliphatic heterocycles. The van der Waals surface area contributed by atoms with Gasteiger partial charge in [0.05, 0.1) is 18.5 Å². The number of aryl methyl sites for hydroxylation is 1. The molecule has 0 spiro atoms. The zero-order chi connectivity index (χ0) is 9.14. The highest BCUT2D eigenvalue weighted by molar-refractivity contribution is 7.89. The third-order valence-corrected chi connectivity index (χ3v) is 2.32. The van der Waals surface area contributed by atoms with E-state index in [9.17, 15) is 4.55 Å². The number of methoxy groups -OCH3 is 1. The second kappa shape index (κ2) is 3.80. The first kappa shape index (κ1) is 9.38. The maximum Gasteiger partial charge on any atom is 0.174 e. The van der Waals surface area contributed by atoms with Crippen LogP contribution >= 0.6 is 0 Å². The highest BCUT2D eigenvalue weighted by atomic mass is 32.2. The second-order valence-electron chi connectivity index (χ2n) is 2.43. The van der Waals surface area contributed by atoms with Crippen LogP contribution in [-0.4, -0.2) is 11.7 Å². The lowest BCUT2D eigenvalue weighted by molar-refractivity contribution is 0.411. The Labute approximate surface area is 74.8 Å². The molecule has 0 heterocycles. The summed E-state index contributed by atoms with van der Waals surface area (Å²) < 4.78 is 15.9. The molecule has 1 aromatic rings. The van der Waals surface area contributed by atoms with Crippen molar-refractivity contribution in [1.82, 2.24) is 0 Å². The molecule has 0 aliphatic carbocycles. The van der Waals surface area contributed by atoms with E-state index in [1.54, 1.807) is 25.3 Å². The maximum atomic E-state index is 10.8. The quantitative estimate of drug-likeness (QED) is 0.699. The molecule has 0 aromatic heterocycles. The number of hydrogen-bond acceptors (Lipinski definition) is 3. The van der Waals surface area contributed by atoms with E-state index in [1.165, 1.54) is 0 Å². The highest BCUT2D eigenvalue weighted by Crippen LogP contribution is 2.20. The van der Waals surface area contributed by atoms with Gasteiger partial charge in [-0.15, -0.1) is 5.14 Å². The first-order valence-corrected chi connectivity index (χ1v) is 4.67. The molecule has 12 heavy (non-hydrogen) atoms. The Morgan fingerprint density at radius 3 is 2.58 bits per heavy atom. The molecule has 4 heteroatoms. The van der Waals surface area contributed by atoms with E-state index in [4.69, 9.17) is 9.88 Å². The van der Waals surface area contributed by atoms with E-state index < -0.39 is 11.4 Å². The predicted octanol–water partition coefficient (Wildman–Crippen LogP) is 0.985. The normalized spacial score (nSPS) is 12.7. The Morgan fingerprint density at radius 1 is 1.50 bits per heavy atom. The maximum absolute atomic E-state index is 10.8. The molecule has 1 aromatic carbocycles. The van der Waals surface area contributed by atoms with Gasteiger partial charge < -0.3 is 9.29 Å². The van der Waals surface area contributed by atoms with E-state index in [2.05, 4.69) is 0 Å². The molecule has 0 fully saturated rings. The number of ether oxygens (including phenoxy) is 1. The van der Waals surface area contributed by atoms with Gasteiger partial charge in [0.25, 0.3) is 0 Å². The van der Waals surface area contributed by atoms with Crippen LogP contribution in [0.25, 0.3) is 0 Å². The van der Waals surface area contributed by atoms with Gasteiger partial charge in [-0.05, 0) is 24.6 Å². The van der Waals surface area contributed by atoms with Gasteiger partial charge in [-0.25, -0.2) is 0 Å². The van der Waals surface area contributed by atoms with Gasteiger partial charge in [-0.3, -0.25) is 0 Å². The van der Waals surface area contributed by atoms with Crippen LogP contribution in [0.2, 0.25) is 0 Å². The summed E-state index contributed by atoms with van der Waals surface area (Å²) in [5.41, 5.74) is 0.939. The molecule has 0 unspecified atom stereocenters. The van der Waals surface area contributed by atoms with E-state index in [-0.39, 0.29) is 0 Å². The molecule has 0 bridgehead atoms. The zero-order valence-corrected chi connectivity index (χ0v) is 7.85. The van der Waals surface area contributed by atoms with Crippen molar-refractivity contribution in [2.45, 2.75) is 11.8 Å². The van der Waals surface area contributed by atoms with Gasteiger partial charge in [0, 0.05) is 6.07 Å². The van der Waals surface area contributed by atoms with Gasteiger partial charge in [-0.1, -0.05) is 0 Å². The summed E-state index contributed by atoms with van der Waals surface area (Å²) in [6, 6.07) is 5.21. The first-order valence-electron chi connectivity index (χ1n) is 3.46. The lowest BCUT2D eigenvalue weighted by atomic mass is 10.2. The van der Waals surface area contributed by atoms with Crippen molar-refractivity contribution in [2.24, 2.45) is 5.14 Å². The van der Waals surface area contributed by atoms with Crippen LogP contribution in [0.4, 0.5) is 0 Å². The highest BCUT2D eigenvalue weighted by Gasteiger charge is 2.07. The fraction of sp³-hybridized carbons (Fsp3) is 0.250. The van der Waals surface area contributed by atoms with Crippen molar-refractivity contribution < 1.29 is 9.29 Å².